The number of fused-ring (bicyclic) bond motifs is 1. The molecule has 5 nitrogen and oxygen atoms in total. The Balaban J connectivity index is 2.05. The summed E-state index contributed by atoms with van der Waals surface area (Å²) in [5.41, 5.74) is 0.695. The van der Waals surface area contributed by atoms with Gasteiger partial charge in [-0.05, 0) is 6.07 Å². The standard InChI is InChI=1S/C15H17FN2O3/c1-20-9-8-18(7-3-6-17)15(19)13-10-11-4-2-5-12(16)14(11)21-13/h2,4-5,13H,3,7-10H2,1H3. The zero-order valence-electron chi connectivity index (χ0n) is 11.8. The van der Waals surface area contributed by atoms with Crippen molar-refractivity contribution in [2.75, 3.05) is 26.8 Å². The monoisotopic (exact) mass is 292 g/mol. The molecule has 6 heteroatoms. The van der Waals surface area contributed by atoms with E-state index in [9.17, 15) is 9.18 Å². The Morgan fingerprint density at radius 3 is 3.05 bits per heavy atom. The summed E-state index contributed by atoms with van der Waals surface area (Å²) in [4.78, 5) is 14.0. The van der Waals surface area contributed by atoms with Crippen LogP contribution >= 0.6 is 0 Å². The van der Waals surface area contributed by atoms with Gasteiger partial charge in [0, 0.05) is 32.2 Å². The maximum Gasteiger partial charge on any atom is 0.264 e. The first-order valence-corrected chi connectivity index (χ1v) is 6.76. The molecule has 1 amide bonds. The lowest BCUT2D eigenvalue weighted by Gasteiger charge is -2.24. The molecule has 1 aliphatic rings. The molecule has 0 fully saturated rings. The van der Waals surface area contributed by atoms with Gasteiger partial charge < -0.3 is 14.4 Å². The van der Waals surface area contributed by atoms with E-state index < -0.39 is 11.9 Å². The first-order valence-electron chi connectivity index (χ1n) is 6.76. The Labute approximate surface area is 122 Å². The lowest BCUT2D eigenvalue weighted by Crippen LogP contribution is -2.43. The number of halogens is 1. The highest BCUT2D eigenvalue weighted by Gasteiger charge is 2.33. The van der Waals surface area contributed by atoms with Gasteiger partial charge in [-0.3, -0.25) is 4.79 Å². The molecule has 0 saturated heterocycles. The van der Waals surface area contributed by atoms with Gasteiger partial charge in [-0.15, -0.1) is 0 Å². The molecular formula is C15H17FN2O3. The average Bonchev–Trinajstić information content (AvgIpc) is 2.92. The summed E-state index contributed by atoms with van der Waals surface area (Å²) < 4.78 is 24.0. The Kier molecular flexibility index (Phi) is 5.12. The predicted molar refractivity (Wildman–Crippen MR) is 73.2 cm³/mol. The van der Waals surface area contributed by atoms with Crippen LogP contribution in [0.5, 0.6) is 5.75 Å². The minimum absolute atomic E-state index is 0.155. The number of ether oxygens (including phenoxy) is 2. The zero-order valence-corrected chi connectivity index (χ0v) is 11.8. The molecule has 0 aliphatic carbocycles. The van der Waals surface area contributed by atoms with Crippen molar-refractivity contribution in [3.8, 4) is 11.8 Å². The second kappa shape index (κ2) is 7.04. The van der Waals surface area contributed by atoms with Crippen molar-refractivity contribution in [2.24, 2.45) is 0 Å². The van der Waals surface area contributed by atoms with Gasteiger partial charge >= 0.3 is 0 Å². The molecule has 21 heavy (non-hydrogen) atoms. The first kappa shape index (κ1) is 15.3. The second-order valence-electron chi connectivity index (χ2n) is 4.76. The largest absolute Gasteiger partial charge is 0.477 e. The fraction of sp³-hybridized carbons (Fsp3) is 0.467. The number of para-hydroxylation sites is 1. The third kappa shape index (κ3) is 3.50. The van der Waals surface area contributed by atoms with Crippen LogP contribution in [0.15, 0.2) is 18.2 Å². The minimum Gasteiger partial charge on any atom is -0.477 e. The van der Waals surface area contributed by atoms with E-state index in [1.807, 2.05) is 6.07 Å². The van der Waals surface area contributed by atoms with Crippen LogP contribution < -0.4 is 4.74 Å². The Morgan fingerprint density at radius 2 is 2.38 bits per heavy atom. The Morgan fingerprint density at radius 1 is 1.57 bits per heavy atom. The molecule has 1 aromatic carbocycles. The van der Waals surface area contributed by atoms with E-state index in [1.54, 1.807) is 19.2 Å². The molecular weight excluding hydrogens is 275 g/mol. The predicted octanol–water partition coefficient (Wildman–Crippen LogP) is 1.52. The van der Waals surface area contributed by atoms with Crippen molar-refractivity contribution in [1.82, 2.24) is 4.90 Å². The number of benzene rings is 1. The van der Waals surface area contributed by atoms with Crippen LogP contribution in [0, 0.1) is 17.1 Å². The molecule has 2 rings (SSSR count). The topological polar surface area (TPSA) is 62.6 Å². The highest BCUT2D eigenvalue weighted by molar-refractivity contribution is 5.82. The van der Waals surface area contributed by atoms with Crippen LogP contribution in [0.4, 0.5) is 4.39 Å². The molecule has 0 radical (unpaired) electrons. The molecule has 0 bridgehead atoms. The minimum atomic E-state index is -0.729. The van der Waals surface area contributed by atoms with Crippen molar-refractivity contribution in [3.05, 3.63) is 29.6 Å². The molecule has 1 unspecified atom stereocenters. The number of hydrogen-bond acceptors (Lipinski definition) is 4. The van der Waals surface area contributed by atoms with Crippen LogP contribution in [0.25, 0.3) is 0 Å². The second-order valence-corrected chi connectivity index (χ2v) is 4.76. The van der Waals surface area contributed by atoms with Gasteiger partial charge in [0.2, 0.25) is 0 Å². The number of hydrogen-bond donors (Lipinski definition) is 0. The lowest BCUT2D eigenvalue weighted by molar-refractivity contribution is -0.138. The third-order valence-electron chi connectivity index (χ3n) is 3.36. The van der Waals surface area contributed by atoms with Crippen molar-refractivity contribution in [1.29, 1.82) is 5.26 Å². The summed E-state index contributed by atoms with van der Waals surface area (Å²) in [5, 5.41) is 8.67. The van der Waals surface area contributed by atoms with E-state index in [0.717, 1.165) is 0 Å². The highest BCUT2D eigenvalue weighted by Crippen LogP contribution is 2.32. The lowest BCUT2D eigenvalue weighted by atomic mass is 10.1. The quantitative estimate of drug-likeness (QED) is 0.797. The molecule has 0 N–H and O–H groups in total. The number of carbonyl (C=O) groups excluding carboxylic acids is 1. The van der Waals surface area contributed by atoms with Crippen molar-refractivity contribution in [2.45, 2.75) is 18.9 Å². The number of carbonyl (C=O) groups is 1. The van der Waals surface area contributed by atoms with Crippen molar-refractivity contribution in [3.63, 3.8) is 0 Å². The van der Waals surface area contributed by atoms with E-state index >= 15 is 0 Å². The normalized spacial score (nSPS) is 16.0. The van der Waals surface area contributed by atoms with Gasteiger partial charge in [0.05, 0.1) is 19.1 Å². The van der Waals surface area contributed by atoms with E-state index in [-0.39, 0.29) is 18.1 Å². The average molecular weight is 292 g/mol. The molecule has 0 aromatic heterocycles. The van der Waals surface area contributed by atoms with Gasteiger partial charge in [-0.1, -0.05) is 12.1 Å². The summed E-state index contributed by atoms with van der Waals surface area (Å²) in [6, 6.07) is 6.67. The van der Waals surface area contributed by atoms with Gasteiger partial charge in [0.25, 0.3) is 5.91 Å². The van der Waals surface area contributed by atoms with Crippen molar-refractivity contribution >= 4 is 5.91 Å². The van der Waals surface area contributed by atoms with Crippen LogP contribution in [0.1, 0.15) is 12.0 Å². The van der Waals surface area contributed by atoms with E-state index in [4.69, 9.17) is 14.7 Å². The van der Waals surface area contributed by atoms with Crippen molar-refractivity contribution < 1.29 is 18.7 Å². The summed E-state index contributed by atoms with van der Waals surface area (Å²) in [6.07, 6.45) is -0.140. The molecule has 1 atom stereocenters. The fourth-order valence-electron chi connectivity index (χ4n) is 2.29. The summed E-state index contributed by atoms with van der Waals surface area (Å²) in [5.74, 6) is -0.538. The number of nitrogens with zero attached hydrogens (tertiary/aromatic N) is 2. The number of amides is 1. The van der Waals surface area contributed by atoms with Crippen LogP contribution in [-0.4, -0.2) is 43.7 Å². The summed E-state index contributed by atoms with van der Waals surface area (Å²) >= 11 is 0. The van der Waals surface area contributed by atoms with Crippen LogP contribution in [0.2, 0.25) is 0 Å². The van der Waals surface area contributed by atoms with Gasteiger partial charge in [-0.2, -0.15) is 5.26 Å². The Bertz CT molecular complexity index is 556. The molecule has 1 heterocycles. The molecule has 1 aliphatic heterocycles. The maximum absolute atomic E-state index is 13.6. The number of nitriles is 1. The first-order chi connectivity index (χ1) is 10.2. The summed E-state index contributed by atoms with van der Waals surface area (Å²) in [6.45, 7) is 1.08. The molecule has 0 spiro atoms. The SMILES string of the molecule is COCCN(CCC#N)C(=O)C1Cc2cccc(F)c2O1. The smallest absolute Gasteiger partial charge is 0.264 e. The number of methoxy groups -OCH3 is 1. The maximum atomic E-state index is 13.6. The Hall–Kier alpha value is -2.13. The van der Waals surface area contributed by atoms with Gasteiger partial charge in [0.1, 0.15) is 0 Å². The van der Waals surface area contributed by atoms with Crippen LogP contribution in [0.3, 0.4) is 0 Å². The van der Waals surface area contributed by atoms with E-state index in [2.05, 4.69) is 0 Å². The van der Waals surface area contributed by atoms with E-state index in [0.29, 0.717) is 31.7 Å². The fourth-order valence-corrected chi connectivity index (χ4v) is 2.29. The third-order valence-corrected chi connectivity index (χ3v) is 3.36. The molecule has 0 saturated carbocycles. The molecule has 112 valence electrons. The number of rotatable bonds is 6. The van der Waals surface area contributed by atoms with Gasteiger partial charge in [-0.25, -0.2) is 4.39 Å². The van der Waals surface area contributed by atoms with Gasteiger partial charge in [0.15, 0.2) is 17.7 Å². The van der Waals surface area contributed by atoms with Crippen LogP contribution in [-0.2, 0) is 16.0 Å². The molecule has 1 aromatic rings. The summed E-state index contributed by atoms with van der Waals surface area (Å²) in [7, 11) is 1.55. The zero-order chi connectivity index (χ0) is 15.2. The van der Waals surface area contributed by atoms with E-state index in [1.165, 1.54) is 11.0 Å². The highest BCUT2D eigenvalue weighted by atomic mass is 19.1.